The van der Waals surface area contributed by atoms with Gasteiger partial charge in [0.1, 0.15) is 5.60 Å². The fraction of sp³-hybridized carbons (Fsp3) is 0.500. The summed E-state index contributed by atoms with van der Waals surface area (Å²) < 4.78 is 5.26. The highest BCUT2D eigenvalue weighted by molar-refractivity contribution is 5.67. The lowest BCUT2D eigenvalue weighted by atomic mass is 10.1. The second-order valence-electron chi connectivity index (χ2n) is 5.71. The Kier molecular flexibility index (Phi) is 6.85. The number of hydrogen-bond acceptors (Lipinski definition) is 4. The van der Waals surface area contributed by atoms with Crippen molar-refractivity contribution >= 4 is 12.5 Å². The van der Waals surface area contributed by atoms with Gasteiger partial charge in [0.25, 0.3) is 0 Å². The number of ether oxygens (including phenoxy) is 1. The Morgan fingerprint density at radius 1 is 1.41 bits per heavy atom. The fourth-order valence-electron chi connectivity index (χ4n) is 1.79. The summed E-state index contributed by atoms with van der Waals surface area (Å²) in [6.07, 6.45) is 0.877. The van der Waals surface area contributed by atoms with E-state index in [1.54, 1.807) is 0 Å². The van der Waals surface area contributed by atoms with E-state index in [0.29, 0.717) is 24.3 Å². The average Bonchev–Trinajstić information content (AvgIpc) is 2.51. The van der Waals surface area contributed by atoms with Gasteiger partial charge in [-0.15, -0.1) is 0 Å². The molecule has 0 fully saturated rings. The highest BCUT2D eigenvalue weighted by atomic mass is 16.6. The molecule has 0 bridgehead atoms. The van der Waals surface area contributed by atoms with Gasteiger partial charge in [0, 0.05) is 6.54 Å². The molecule has 122 valence electrons. The number of carbonyl (C=O) groups is 2. The topological polar surface area (TPSA) is 78.9 Å². The molecule has 6 heteroatoms. The van der Waals surface area contributed by atoms with Crippen molar-refractivity contribution in [3.63, 3.8) is 0 Å². The van der Waals surface area contributed by atoms with Gasteiger partial charge in [-0.1, -0.05) is 37.3 Å². The first kappa shape index (κ1) is 18.0. The summed E-state index contributed by atoms with van der Waals surface area (Å²) >= 11 is 0. The molecular formula is C16H24N2O4. The largest absolute Gasteiger partial charge is 0.444 e. The molecule has 1 rings (SSSR count). The van der Waals surface area contributed by atoms with Crippen LogP contribution < -0.4 is 5.32 Å². The third-order valence-electron chi connectivity index (χ3n) is 3.50. The molecule has 0 unspecified atom stereocenters. The van der Waals surface area contributed by atoms with Crippen LogP contribution in [0.1, 0.15) is 32.8 Å². The number of benzene rings is 1. The van der Waals surface area contributed by atoms with Crippen LogP contribution in [-0.2, 0) is 16.0 Å². The number of amides is 2. The van der Waals surface area contributed by atoms with Gasteiger partial charge >= 0.3 is 6.09 Å². The number of nitrogens with zero attached hydrogens (tertiary/aromatic N) is 1. The number of rotatable bonds is 8. The van der Waals surface area contributed by atoms with Gasteiger partial charge in [0.2, 0.25) is 6.41 Å². The lowest BCUT2D eigenvalue weighted by Crippen LogP contribution is -2.44. The van der Waals surface area contributed by atoms with Crippen LogP contribution in [0.25, 0.3) is 0 Å². The summed E-state index contributed by atoms with van der Waals surface area (Å²) in [5.41, 5.74) is 0.403. The second-order valence-corrected chi connectivity index (χ2v) is 5.71. The van der Waals surface area contributed by atoms with E-state index in [-0.39, 0.29) is 6.54 Å². The van der Waals surface area contributed by atoms with E-state index in [4.69, 9.17) is 4.74 Å². The van der Waals surface area contributed by atoms with Crippen molar-refractivity contribution < 1.29 is 19.5 Å². The van der Waals surface area contributed by atoms with Gasteiger partial charge in [-0.2, -0.15) is 0 Å². The molecule has 0 saturated heterocycles. The predicted octanol–water partition coefficient (Wildman–Crippen LogP) is 2.36. The van der Waals surface area contributed by atoms with Crippen molar-refractivity contribution in [1.82, 2.24) is 10.4 Å². The average molecular weight is 308 g/mol. The van der Waals surface area contributed by atoms with Gasteiger partial charge in [0.15, 0.2) is 0 Å². The molecule has 22 heavy (non-hydrogen) atoms. The van der Waals surface area contributed by atoms with Crippen LogP contribution in [0.2, 0.25) is 0 Å². The van der Waals surface area contributed by atoms with Crippen LogP contribution in [0.4, 0.5) is 4.79 Å². The summed E-state index contributed by atoms with van der Waals surface area (Å²) in [7, 11) is 0. The zero-order valence-corrected chi connectivity index (χ0v) is 13.3. The first-order valence-electron chi connectivity index (χ1n) is 7.31. The Morgan fingerprint density at radius 2 is 2.05 bits per heavy atom. The van der Waals surface area contributed by atoms with Crippen LogP contribution in [0, 0.1) is 0 Å². The van der Waals surface area contributed by atoms with E-state index in [0.717, 1.165) is 5.56 Å². The van der Waals surface area contributed by atoms with E-state index in [2.05, 4.69) is 5.32 Å². The van der Waals surface area contributed by atoms with E-state index in [1.165, 1.54) is 0 Å². The number of alkyl carbamates (subject to hydrolysis) is 1. The minimum Gasteiger partial charge on any atom is -0.444 e. The molecule has 0 aliphatic rings. The van der Waals surface area contributed by atoms with Gasteiger partial charge in [0.05, 0.1) is 6.04 Å². The standard InChI is InChI=1S/C16H24N2O4/c1-4-16(2,3)22-15(20)17-11-14(18(21)12-19)10-13-8-6-5-7-9-13/h5-9,12,14,21H,4,10-11H2,1-3H3,(H,17,20)/t14-/m1/s1. The van der Waals surface area contributed by atoms with E-state index in [1.807, 2.05) is 51.1 Å². The van der Waals surface area contributed by atoms with E-state index < -0.39 is 17.7 Å². The Hall–Kier alpha value is -2.08. The Bertz CT molecular complexity index is 476. The maximum atomic E-state index is 11.8. The zero-order chi connectivity index (χ0) is 16.6. The van der Waals surface area contributed by atoms with Crippen molar-refractivity contribution in [3.05, 3.63) is 35.9 Å². The highest BCUT2D eigenvalue weighted by Crippen LogP contribution is 2.13. The smallest absolute Gasteiger partial charge is 0.407 e. The third-order valence-corrected chi connectivity index (χ3v) is 3.50. The van der Waals surface area contributed by atoms with Crippen molar-refractivity contribution in [2.24, 2.45) is 0 Å². The monoisotopic (exact) mass is 308 g/mol. The molecule has 0 saturated carbocycles. The normalized spacial score (nSPS) is 12.4. The predicted molar refractivity (Wildman–Crippen MR) is 82.5 cm³/mol. The first-order chi connectivity index (χ1) is 10.4. The van der Waals surface area contributed by atoms with Crippen molar-refractivity contribution in [2.75, 3.05) is 6.54 Å². The van der Waals surface area contributed by atoms with E-state index in [9.17, 15) is 14.8 Å². The highest BCUT2D eigenvalue weighted by Gasteiger charge is 2.22. The minimum absolute atomic E-state index is 0.1000. The molecule has 0 spiro atoms. The summed E-state index contributed by atoms with van der Waals surface area (Å²) in [4.78, 5) is 22.6. The molecule has 1 atom stereocenters. The van der Waals surface area contributed by atoms with E-state index >= 15 is 0 Å². The van der Waals surface area contributed by atoms with Crippen molar-refractivity contribution in [1.29, 1.82) is 0 Å². The van der Waals surface area contributed by atoms with Crippen molar-refractivity contribution in [2.45, 2.75) is 45.3 Å². The Labute approximate surface area is 131 Å². The van der Waals surface area contributed by atoms with Crippen LogP contribution in [0.3, 0.4) is 0 Å². The number of carbonyl (C=O) groups excluding carboxylic acids is 2. The summed E-state index contributed by atoms with van der Waals surface area (Å²) in [6.45, 7) is 5.66. The Morgan fingerprint density at radius 3 is 2.59 bits per heavy atom. The summed E-state index contributed by atoms with van der Waals surface area (Å²) in [6, 6.07) is 8.87. The number of hydroxylamine groups is 2. The molecule has 6 nitrogen and oxygen atoms in total. The van der Waals surface area contributed by atoms with Crippen LogP contribution in [-0.4, -0.2) is 41.0 Å². The molecule has 0 aromatic heterocycles. The quantitative estimate of drug-likeness (QED) is 0.439. The lowest BCUT2D eigenvalue weighted by molar-refractivity contribution is -0.159. The third kappa shape index (κ3) is 6.13. The van der Waals surface area contributed by atoms with Crippen LogP contribution in [0.15, 0.2) is 30.3 Å². The molecule has 2 amide bonds. The minimum atomic E-state index is -0.566. The van der Waals surface area contributed by atoms with Crippen molar-refractivity contribution in [3.8, 4) is 0 Å². The first-order valence-corrected chi connectivity index (χ1v) is 7.31. The maximum Gasteiger partial charge on any atom is 0.407 e. The van der Waals surface area contributed by atoms with Gasteiger partial charge in [-0.25, -0.2) is 9.86 Å². The van der Waals surface area contributed by atoms with Gasteiger partial charge in [-0.3, -0.25) is 10.0 Å². The zero-order valence-electron chi connectivity index (χ0n) is 13.3. The second kappa shape index (κ2) is 8.38. The SMILES string of the molecule is CCC(C)(C)OC(=O)NC[C@@H](Cc1ccccc1)N(O)C=O. The molecular weight excluding hydrogens is 284 g/mol. The number of hydrogen-bond donors (Lipinski definition) is 2. The lowest BCUT2D eigenvalue weighted by Gasteiger charge is -2.26. The molecule has 0 radical (unpaired) electrons. The van der Waals surface area contributed by atoms with Gasteiger partial charge in [-0.05, 0) is 32.3 Å². The molecule has 1 aromatic rings. The molecule has 0 aliphatic carbocycles. The van der Waals surface area contributed by atoms with Gasteiger partial charge < -0.3 is 10.1 Å². The van der Waals surface area contributed by atoms with Crippen LogP contribution in [0.5, 0.6) is 0 Å². The van der Waals surface area contributed by atoms with Crippen LogP contribution >= 0.6 is 0 Å². The molecule has 1 aromatic carbocycles. The fourth-order valence-corrected chi connectivity index (χ4v) is 1.79. The number of nitrogens with one attached hydrogen (secondary N) is 1. The summed E-state index contributed by atoms with van der Waals surface area (Å²) in [5.74, 6) is 0. The molecule has 0 heterocycles. The molecule has 2 N–H and O–H groups in total. The maximum absolute atomic E-state index is 11.8. The molecule has 0 aliphatic heterocycles. The summed E-state index contributed by atoms with van der Waals surface area (Å²) in [5, 5.41) is 12.8. The Balaban J connectivity index is 2.59.